The average Bonchev–Trinajstić information content (AvgIpc) is 3.28. The smallest absolute Gasteiger partial charge is 0.249 e. The van der Waals surface area contributed by atoms with Gasteiger partial charge in [-0.05, 0) is 25.0 Å². The summed E-state index contributed by atoms with van der Waals surface area (Å²) in [5.74, 6) is 1.33. The molecule has 0 bridgehead atoms. The van der Waals surface area contributed by atoms with Gasteiger partial charge in [-0.1, -0.05) is 6.92 Å². The first-order valence-electron chi connectivity index (χ1n) is 8.99. The third kappa shape index (κ3) is 3.51. The van der Waals surface area contributed by atoms with Crippen LogP contribution in [0.2, 0.25) is 0 Å². The number of hydrogen-bond acceptors (Lipinski definition) is 6. The number of anilines is 2. The van der Waals surface area contributed by atoms with E-state index in [0.29, 0.717) is 24.6 Å². The van der Waals surface area contributed by atoms with Crippen LogP contribution in [0.15, 0.2) is 43.0 Å². The SMILES string of the molecule is CCc1cc(NC2CCN(c3cnn(C)c3)C2=O)nc(-c2ccncc2)n1. The number of nitrogens with one attached hydrogen (secondary N) is 1. The minimum Gasteiger partial charge on any atom is -0.358 e. The van der Waals surface area contributed by atoms with Crippen molar-refractivity contribution in [2.75, 3.05) is 16.8 Å². The van der Waals surface area contributed by atoms with Gasteiger partial charge in [0.1, 0.15) is 11.9 Å². The fourth-order valence-electron chi connectivity index (χ4n) is 3.18. The second-order valence-corrected chi connectivity index (χ2v) is 6.51. The number of amides is 1. The van der Waals surface area contributed by atoms with Gasteiger partial charge < -0.3 is 10.2 Å². The maximum atomic E-state index is 12.8. The Hall–Kier alpha value is -3.29. The molecule has 0 saturated carbocycles. The summed E-state index contributed by atoms with van der Waals surface area (Å²) >= 11 is 0. The molecule has 1 saturated heterocycles. The third-order valence-electron chi connectivity index (χ3n) is 4.61. The Bertz CT molecular complexity index is 954. The van der Waals surface area contributed by atoms with Crippen molar-refractivity contribution < 1.29 is 4.79 Å². The fourth-order valence-corrected chi connectivity index (χ4v) is 3.18. The molecule has 0 aliphatic carbocycles. The second-order valence-electron chi connectivity index (χ2n) is 6.51. The van der Waals surface area contributed by atoms with Crippen molar-refractivity contribution in [3.05, 3.63) is 48.7 Å². The molecule has 1 aliphatic rings. The van der Waals surface area contributed by atoms with Crippen molar-refractivity contribution in [3.63, 3.8) is 0 Å². The summed E-state index contributed by atoms with van der Waals surface area (Å²) in [6.07, 6.45) is 8.50. The molecule has 1 atom stereocenters. The molecule has 1 amide bonds. The first-order valence-corrected chi connectivity index (χ1v) is 8.99. The second kappa shape index (κ2) is 7.14. The number of aryl methyl sites for hydroxylation is 2. The molecular formula is C19H21N7O. The lowest BCUT2D eigenvalue weighted by Crippen LogP contribution is -2.33. The number of rotatable bonds is 5. The standard InChI is InChI=1S/C19H21N7O/c1-3-14-10-17(24-18(22-14)13-4-7-20-8-5-13)23-16-6-9-26(19(16)27)15-11-21-25(2)12-15/h4-5,7-8,10-12,16H,3,6,9H2,1-2H3,(H,22,23,24). The molecule has 1 N–H and O–H groups in total. The van der Waals surface area contributed by atoms with Gasteiger partial charge in [0.05, 0.1) is 11.9 Å². The van der Waals surface area contributed by atoms with Gasteiger partial charge in [-0.2, -0.15) is 5.10 Å². The quantitative estimate of drug-likeness (QED) is 0.746. The van der Waals surface area contributed by atoms with Crippen molar-refractivity contribution in [2.45, 2.75) is 25.8 Å². The van der Waals surface area contributed by atoms with Crippen LogP contribution in [0.3, 0.4) is 0 Å². The van der Waals surface area contributed by atoms with Gasteiger partial charge in [0.2, 0.25) is 5.91 Å². The summed E-state index contributed by atoms with van der Waals surface area (Å²) in [5.41, 5.74) is 2.65. The minimum atomic E-state index is -0.310. The number of carbonyl (C=O) groups is 1. The normalized spacial score (nSPS) is 16.7. The molecule has 1 aliphatic heterocycles. The molecule has 4 heterocycles. The first-order chi connectivity index (χ1) is 13.1. The molecule has 138 valence electrons. The van der Waals surface area contributed by atoms with Crippen LogP contribution in [0.25, 0.3) is 11.4 Å². The summed E-state index contributed by atoms with van der Waals surface area (Å²) in [4.78, 5) is 27.8. The van der Waals surface area contributed by atoms with E-state index < -0.39 is 0 Å². The monoisotopic (exact) mass is 363 g/mol. The predicted molar refractivity (Wildman–Crippen MR) is 102 cm³/mol. The third-order valence-corrected chi connectivity index (χ3v) is 4.61. The van der Waals surface area contributed by atoms with Gasteiger partial charge in [0, 0.05) is 49.5 Å². The van der Waals surface area contributed by atoms with E-state index in [1.807, 2.05) is 38.4 Å². The lowest BCUT2D eigenvalue weighted by Gasteiger charge is -2.16. The molecular weight excluding hydrogens is 342 g/mol. The van der Waals surface area contributed by atoms with Gasteiger partial charge >= 0.3 is 0 Å². The Morgan fingerprint density at radius 1 is 1.26 bits per heavy atom. The number of nitrogens with zero attached hydrogens (tertiary/aromatic N) is 6. The highest BCUT2D eigenvalue weighted by atomic mass is 16.2. The molecule has 8 nitrogen and oxygen atoms in total. The Balaban J connectivity index is 1.56. The van der Waals surface area contributed by atoms with Crippen LogP contribution in [0.1, 0.15) is 19.0 Å². The zero-order valence-electron chi connectivity index (χ0n) is 15.3. The van der Waals surface area contributed by atoms with E-state index in [1.54, 1.807) is 28.2 Å². The first kappa shape index (κ1) is 17.1. The molecule has 8 heteroatoms. The molecule has 3 aromatic heterocycles. The van der Waals surface area contributed by atoms with Crippen molar-refractivity contribution in [3.8, 4) is 11.4 Å². The van der Waals surface area contributed by atoms with E-state index in [1.165, 1.54) is 0 Å². The lowest BCUT2D eigenvalue weighted by atomic mass is 10.2. The van der Waals surface area contributed by atoms with Gasteiger partial charge in [0.25, 0.3) is 0 Å². The summed E-state index contributed by atoms with van der Waals surface area (Å²) in [6.45, 7) is 2.71. The van der Waals surface area contributed by atoms with E-state index in [-0.39, 0.29) is 11.9 Å². The van der Waals surface area contributed by atoms with Crippen LogP contribution in [-0.4, -0.2) is 43.2 Å². The largest absolute Gasteiger partial charge is 0.358 e. The Morgan fingerprint density at radius 3 is 2.78 bits per heavy atom. The van der Waals surface area contributed by atoms with Crippen LogP contribution in [0.5, 0.6) is 0 Å². The number of hydrogen-bond donors (Lipinski definition) is 1. The summed E-state index contributed by atoms with van der Waals surface area (Å²) in [7, 11) is 1.84. The van der Waals surface area contributed by atoms with Gasteiger partial charge in [-0.3, -0.25) is 14.5 Å². The molecule has 4 rings (SSSR count). The zero-order chi connectivity index (χ0) is 18.8. The van der Waals surface area contributed by atoms with Crippen molar-refractivity contribution in [1.29, 1.82) is 0 Å². The molecule has 27 heavy (non-hydrogen) atoms. The average molecular weight is 363 g/mol. The number of carbonyl (C=O) groups excluding carboxylic acids is 1. The lowest BCUT2D eigenvalue weighted by molar-refractivity contribution is -0.117. The number of pyridine rings is 1. The van der Waals surface area contributed by atoms with Crippen LogP contribution in [0.4, 0.5) is 11.5 Å². The van der Waals surface area contributed by atoms with Gasteiger partial charge in [0.15, 0.2) is 5.82 Å². The van der Waals surface area contributed by atoms with E-state index in [9.17, 15) is 4.79 Å². The van der Waals surface area contributed by atoms with E-state index in [0.717, 1.165) is 23.4 Å². The predicted octanol–water partition coefficient (Wildman–Crippen LogP) is 2.05. The van der Waals surface area contributed by atoms with E-state index in [4.69, 9.17) is 0 Å². The topological polar surface area (TPSA) is 88.8 Å². The molecule has 1 fully saturated rings. The Kier molecular flexibility index (Phi) is 4.53. The Morgan fingerprint density at radius 2 is 2.07 bits per heavy atom. The van der Waals surface area contributed by atoms with E-state index >= 15 is 0 Å². The van der Waals surface area contributed by atoms with Crippen LogP contribution in [-0.2, 0) is 18.3 Å². The van der Waals surface area contributed by atoms with Crippen LogP contribution >= 0.6 is 0 Å². The maximum absolute atomic E-state index is 12.8. The molecule has 3 aromatic rings. The molecule has 0 spiro atoms. The van der Waals surface area contributed by atoms with Crippen LogP contribution in [0, 0.1) is 0 Å². The summed E-state index contributed by atoms with van der Waals surface area (Å²) in [5, 5.41) is 7.45. The summed E-state index contributed by atoms with van der Waals surface area (Å²) in [6, 6.07) is 5.35. The molecule has 1 unspecified atom stereocenters. The highest BCUT2D eigenvalue weighted by Crippen LogP contribution is 2.24. The van der Waals surface area contributed by atoms with Crippen LogP contribution < -0.4 is 10.2 Å². The maximum Gasteiger partial charge on any atom is 0.249 e. The number of aromatic nitrogens is 5. The minimum absolute atomic E-state index is 0.0325. The molecule has 0 aromatic carbocycles. The van der Waals surface area contributed by atoms with Crippen molar-refractivity contribution in [1.82, 2.24) is 24.7 Å². The highest BCUT2D eigenvalue weighted by molar-refractivity contribution is 6.00. The van der Waals surface area contributed by atoms with Gasteiger partial charge in [-0.25, -0.2) is 9.97 Å². The van der Waals surface area contributed by atoms with E-state index in [2.05, 4.69) is 25.4 Å². The molecule has 0 radical (unpaired) electrons. The van der Waals surface area contributed by atoms with Gasteiger partial charge in [-0.15, -0.1) is 0 Å². The highest BCUT2D eigenvalue weighted by Gasteiger charge is 2.33. The summed E-state index contributed by atoms with van der Waals surface area (Å²) < 4.78 is 1.70. The van der Waals surface area contributed by atoms with Crippen molar-refractivity contribution >= 4 is 17.4 Å². The van der Waals surface area contributed by atoms with Crippen molar-refractivity contribution in [2.24, 2.45) is 7.05 Å². The fraction of sp³-hybridized carbons (Fsp3) is 0.316. The zero-order valence-corrected chi connectivity index (χ0v) is 15.3. The Labute approximate surface area is 157 Å².